The van der Waals surface area contributed by atoms with E-state index in [9.17, 15) is 9.18 Å². The van der Waals surface area contributed by atoms with Crippen LogP contribution >= 0.6 is 11.8 Å². The molecule has 0 spiro atoms. The number of nitrogens with one attached hydrogen (secondary N) is 1. The maximum absolute atomic E-state index is 14.0. The summed E-state index contributed by atoms with van der Waals surface area (Å²) in [6, 6.07) is 14.0. The predicted molar refractivity (Wildman–Crippen MR) is 128 cm³/mol. The normalized spacial score (nSPS) is 15.2. The Hall–Kier alpha value is -3.13. The second-order valence-electron chi connectivity index (χ2n) is 7.94. The highest BCUT2D eigenvalue weighted by molar-refractivity contribution is 7.98. The minimum atomic E-state index is -0.427. The number of hydrogen-bond acceptors (Lipinski definition) is 6. The minimum absolute atomic E-state index is 0.0379. The fourth-order valence-electron chi connectivity index (χ4n) is 3.82. The van der Waals surface area contributed by atoms with Crippen LogP contribution in [0.25, 0.3) is 0 Å². The summed E-state index contributed by atoms with van der Waals surface area (Å²) in [7, 11) is 0. The summed E-state index contributed by atoms with van der Waals surface area (Å²) in [5.74, 6) is 1.44. The number of hydrogen-bond donors (Lipinski definition) is 1. The Morgan fingerprint density at radius 1 is 1.24 bits per heavy atom. The molecule has 1 atom stereocenters. The standard InChI is InChI=1S/C25H27FN4O2S/c1-4-5-13-32-20-11-8-10-18(14-20)23-22(17(3)31)16(2)27-24-28-25(29-30(23)24)33-15-19-9-6-7-12-21(19)26/h6-12,14,23H,4-5,13,15H2,1-3H3,(H,27,28,29). The van der Waals surface area contributed by atoms with Gasteiger partial charge >= 0.3 is 0 Å². The molecule has 0 aliphatic carbocycles. The molecule has 0 saturated carbocycles. The molecule has 1 aliphatic heterocycles. The summed E-state index contributed by atoms with van der Waals surface area (Å²) in [4.78, 5) is 17.2. The molecule has 3 aromatic rings. The number of ketones is 1. The van der Waals surface area contributed by atoms with Gasteiger partial charge < -0.3 is 10.1 Å². The third-order valence-electron chi connectivity index (χ3n) is 5.47. The van der Waals surface area contributed by atoms with E-state index in [4.69, 9.17) is 4.74 Å². The third kappa shape index (κ3) is 5.11. The van der Waals surface area contributed by atoms with Gasteiger partial charge in [0.1, 0.15) is 17.6 Å². The zero-order chi connectivity index (χ0) is 23.4. The van der Waals surface area contributed by atoms with Gasteiger partial charge in [0.25, 0.3) is 0 Å². The quantitative estimate of drug-likeness (QED) is 0.319. The number of carbonyl (C=O) groups is 1. The second kappa shape index (κ2) is 10.2. The Labute approximate surface area is 197 Å². The average Bonchev–Trinajstić information content (AvgIpc) is 3.20. The first-order valence-corrected chi connectivity index (χ1v) is 12.0. The van der Waals surface area contributed by atoms with E-state index in [0.717, 1.165) is 29.9 Å². The molecule has 0 saturated heterocycles. The summed E-state index contributed by atoms with van der Waals surface area (Å²) in [6.45, 7) is 6.20. The molecule has 0 radical (unpaired) electrons. The largest absolute Gasteiger partial charge is 0.494 e. The molecule has 1 aromatic heterocycles. The van der Waals surface area contributed by atoms with Crippen molar-refractivity contribution >= 4 is 23.5 Å². The lowest BCUT2D eigenvalue weighted by molar-refractivity contribution is -0.114. The fourth-order valence-corrected chi connectivity index (χ4v) is 4.64. The Morgan fingerprint density at radius 2 is 2.06 bits per heavy atom. The van der Waals surface area contributed by atoms with Gasteiger partial charge in [-0.3, -0.25) is 4.79 Å². The molecule has 1 aliphatic rings. The van der Waals surface area contributed by atoms with E-state index in [1.165, 1.54) is 17.8 Å². The Morgan fingerprint density at radius 3 is 2.82 bits per heavy atom. The number of rotatable bonds is 9. The van der Waals surface area contributed by atoms with E-state index >= 15 is 0 Å². The van der Waals surface area contributed by atoms with Gasteiger partial charge in [-0.25, -0.2) is 9.07 Å². The van der Waals surface area contributed by atoms with Crippen molar-refractivity contribution in [3.8, 4) is 5.75 Å². The summed E-state index contributed by atoms with van der Waals surface area (Å²) < 4.78 is 21.6. The number of anilines is 1. The van der Waals surface area contributed by atoms with Crippen molar-refractivity contribution in [2.45, 2.75) is 50.6 Å². The molecule has 172 valence electrons. The van der Waals surface area contributed by atoms with E-state index < -0.39 is 6.04 Å². The van der Waals surface area contributed by atoms with Gasteiger partial charge in [0.2, 0.25) is 11.1 Å². The van der Waals surface area contributed by atoms with Gasteiger partial charge in [-0.1, -0.05) is 55.4 Å². The topological polar surface area (TPSA) is 69.0 Å². The number of unbranched alkanes of at least 4 members (excludes halogenated alkanes) is 1. The van der Waals surface area contributed by atoms with Crippen LogP contribution in [0, 0.1) is 5.82 Å². The third-order valence-corrected chi connectivity index (χ3v) is 6.35. The van der Waals surface area contributed by atoms with Crippen LogP contribution in [0.4, 0.5) is 10.3 Å². The molecular weight excluding hydrogens is 439 g/mol. The smallest absolute Gasteiger partial charge is 0.227 e. The summed E-state index contributed by atoms with van der Waals surface area (Å²) in [5, 5.41) is 8.40. The van der Waals surface area contributed by atoms with Crippen LogP contribution < -0.4 is 10.1 Å². The molecule has 1 N–H and O–H groups in total. The van der Waals surface area contributed by atoms with E-state index in [1.54, 1.807) is 23.7 Å². The highest BCUT2D eigenvalue weighted by Gasteiger charge is 2.33. The van der Waals surface area contributed by atoms with Gasteiger partial charge in [0, 0.05) is 17.0 Å². The summed E-state index contributed by atoms with van der Waals surface area (Å²) in [5.41, 5.74) is 2.86. The van der Waals surface area contributed by atoms with Gasteiger partial charge in [0.15, 0.2) is 5.78 Å². The van der Waals surface area contributed by atoms with Crippen molar-refractivity contribution in [1.82, 2.24) is 14.8 Å². The number of benzene rings is 2. The lowest BCUT2D eigenvalue weighted by atomic mass is 9.93. The van der Waals surface area contributed by atoms with Crippen LogP contribution in [-0.2, 0) is 10.5 Å². The summed E-state index contributed by atoms with van der Waals surface area (Å²) >= 11 is 1.35. The van der Waals surface area contributed by atoms with Gasteiger partial charge in [-0.15, -0.1) is 5.10 Å². The zero-order valence-corrected chi connectivity index (χ0v) is 19.8. The van der Waals surface area contributed by atoms with Crippen LogP contribution in [0.3, 0.4) is 0 Å². The number of Topliss-reactive ketones (excluding diaryl/α,β-unsaturated/α-hetero) is 1. The number of fused-ring (bicyclic) bond motifs is 1. The number of allylic oxidation sites excluding steroid dienone is 2. The fraction of sp³-hybridized carbons (Fsp3) is 0.320. The zero-order valence-electron chi connectivity index (χ0n) is 19.0. The van der Waals surface area contributed by atoms with Gasteiger partial charge in [0.05, 0.1) is 6.61 Å². The van der Waals surface area contributed by atoms with Crippen LogP contribution in [-0.4, -0.2) is 27.2 Å². The average molecular weight is 467 g/mol. The van der Waals surface area contributed by atoms with E-state index in [1.807, 2.05) is 37.3 Å². The van der Waals surface area contributed by atoms with Gasteiger partial charge in [-0.05, 0) is 49.6 Å². The first-order valence-electron chi connectivity index (χ1n) is 11.0. The molecule has 1 unspecified atom stereocenters. The van der Waals surface area contributed by atoms with Crippen LogP contribution in [0.15, 0.2) is 65.0 Å². The van der Waals surface area contributed by atoms with Crippen LogP contribution in [0.5, 0.6) is 5.75 Å². The Balaban J connectivity index is 1.66. The SMILES string of the molecule is CCCCOc1cccc(C2C(C(C)=O)=C(C)Nc3nc(SCc4ccccc4F)nn32)c1. The highest BCUT2D eigenvalue weighted by atomic mass is 32.2. The second-order valence-corrected chi connectivity index (χ2v) is 8.88. The first kappa shape index (κ1) is 23.0. The van der Waals surface area contributed by atoms with E-state index in [-0.39, 0.29) is 11.6 Å². The van der Waals surface area contributed by atoms with Crippen molar-refractivity contribution in [2.75, 3.05) is 11.9 Å². The molecule has 0 amide bonds. The molecule has 4 rings (SSSR count). The van der Waals surface area contributed by atoms with Crippen molar-refractivity contribution in [1.29, 1.82) is 0 Å². The maximum atomic E-state index is 14.0. The van der Waals surface area contributed by atoms with Crippen molar-refractivity contribution < 1.29 is 13.9 Å². The van der Waals surface area contributed by atoms with Crippen molar-refractivity contribution in [3.05, 3.63) is 76.7 Å². The number of nitrogens with zero attached hydrogens (tertiary/aromatic N) is 3. The van der Waals surface area contributed by atoms with E-state index in [0.29, 0.717) is 34.6 Å². The first-order chi connectivity index (χ1) is 16.0. The Kier molecular flexibility index (Phi) is 7.13. The van der Waals surface area contributed by atoms with Crippen LogP contribution in [0.2, 0.25) is 0 Å². The molecule has 8 heteroatoms. The number of carbonyl (C=O) groups excluding carboxylic acids is 1. The molecule has 33 heavy (non-hydrogen) atoms. The molecule has 2 heterocycles. The van der Waals surface area contributed by atoms with Crippen molar-refractivity contribution in [2.24, 2.45) is 0 Å². The predicted octanol–water partition coefficient (Wildman–Crippen LogP) is 5.77. The van der Waals surface area contributed by atoms with Crippen molar-refractivity contribution in [3.63, 3.8) is 0 Å². The minimum Gasteiger partial charge on any atom is -0.494 e. The number of thioether (sulfide) groups is 1. The number of halogens is 1. The lowest BCUT2D eigenvalue weighted by Gasteiger charge is -2.28. The van der Waals surface area contributed by atoms with E-state index in [2.05, 4.69) is 22.3 Å². The number of aromatic nitrogens is 3. The number of ether oxygens (including phenoxy) is 1. The van der Waals surface area contributed by atoms with Crippen LogP contribution in [0.1, 0.15) is 50.8 Å². The highest BCUT2D eigenvalue weighted by Crippen LogP contribution is 2.37. The molecular formula is C25H27FN4O2S. The Bertz CT molecular complexity index is 1190. The molecule has 0 fully saturated rings. The van der Waals surface area contributed by atoms with Gasteiger partial charge in [-0.2, -0.15) is 4.98 Å². The molecule has 0 bridgehead atoms. The maximum Gasteiger partial charge on any atom is 0.227 e. The monoisotopic (exact) mass is 466 g/mol. The summed E-state index contributed by atoms with van der Waals surface area (Å²) in [6.07, 6.45) is 2.03. The molecule has 2 aromatic carbocycles. The lowest BCUT2D eigenvalue weighted by Crippen LogP contribution is -2.27. The molecule has 6 nitrogen and oxygen atoms in total.